The summed E-state index contributed by atoms with van der Waals surface area (Å²) in [4.78, 5) is 10.6. The summed E-state index contributed by atoms with van der Waals surface area (Å²) in [6, 6.07) is 0. The number of hydrogen-bond donors (Lipinski definition) is 1. The van der Waals surface area contributed by atoms with Crippen molar-refractivity contribution in [1.29, 1.82) is 0 Å². The van der Waals surface area contributed by atoms with Crippen molar-refractivity contribution in [3.05, 3.63) is 0 Å². The zero-order valence-corrected chi connectivity index (χ0v) is 6.63. The van der Waals surface area contributed by atoms with Gasteiger partial charge in [-0.15, -0.1) is 0 Å². The van der Waals surface area contributed by atoms with Crippen LogP contribution in [0.5, 0.6) is 0 Å². The topological polar surface area (TPSA) is 55.6 Å². The molecule has 0 spiro atoms. The third-order valence-corrected chi connectivity index (χ3v) is 0.828. The zero-order valence-electron chi connectivity index (χ0n) is 6.63. The second-order valence-electron chi connectivity index (χ2n) is 2.58. The van der Waals surface area contributed by atoms with E-state index in [1.807, 2.05) is 13.8 Å². The van der Waals surface area contributed by atoms with Crippen molar-refractivity contribution in [2.24, 2.45) is 11.8 Å². The van der Waals surface area contributed by atoms with E-state index in [1.165, 1.54) is 7.05 Å². The molecule has 0 aliphatic carbocycles. The van der Waals surface area contributed by atoms with Gasteiger partial charge in [0.05, 0.1) is 6.61 Å². The Morgan fingerprint density at radius 1 is 1.70 bits per heavy atom. The van der Waals surface area contributed by atoms with Crippen molar-refractivity contribution in [2.45, 2.75) is 13.8 Å². The summed E-state index contributed by atoms with van der Waals surface area (Å²) in [7, 11) is 1.45. The summed E-state index contributed by atoms with van der Waals surface area (Å²) in [5, 5.41) is 0.919. The number of carbonyl (C=O) groups excluding carboxylic acids is 1. The fourth-order valence-electron chi connectivity index (χ4n) is 0.340. The number of amides is 1. The van der Waals surface area contributed by atoms with Crippen LogP contribution in [-0.2, 0) is 4.74 Å². The molecule has 2 N–H and O–H groups in total. The molecule has 0 fully saturated rings. The van der Waals surface area contributed by atoms with Gasteiger partial charge in [-0.1, -0.05) is 13.8 Å². The van der Waals surface area contributed by atoms with Gasteiger partial charge in [0.15, 0.2) is 0 Å². The van der Waals surface area contributed by atoms with Crippen molar-refractivity contribution in [2.75, 3.05) is 13.7 Å². The number of rotatable bonds is 2. The molecule has 0 aromatic carbocycles. The maximum atomic E-state index is 10.6. The first-order chi connectivity index (χ1) is 4.54. The smallest absolute Gasteiger partial charge is 0.423 e. The van der Waals surface area contributed by atoms with E-state index in [-0.39, 0.29) is 0 Å². The lowest BCUT2D eigenvalue weighted by Gasteiger charge is -2.11. The molecule has 0 unspecified atom stereocenters. The Morgan fingerprint density at radius 2 is 2.20 bits per heavy atom. The standard InChI is InChI=1S/C6H14N2O2/c1-5(2)4-10-6(9)8(3)7/h5H,4,7H2,1-3H3. The summed E-state index contributed by atoms with van der Waals surface area (Å²) >= 11 is 0. The monoisotopic (exact) mass is 146 g/mol. The van der Waals surface area contributed by atoms with E-state index >= 15 is 0 Å². The van der Waals surface area contributed by atoms with E-state index in [0.717, 1.165) is 5.01 Å². The largest absolute Gasteiger partial charge is 0.448 e. The molecule has 0 rings (SSSR count). The van der Waals surface area contributed by atoms with Gasteiger partial charge >= 0.3 is 6.09 Å². The van der Waals surface area contributed by atoms with E-state index in [0.29, 0.717) is 12.5 Å². The molecular formula is C6H14N2O2. The van der Waals surface area contributed by atoms with Crippen LogP contribution in [0.3, 0.4) is 0 Å². The van der Waals surface area contributed by atoms with Gasteiger partial charge in [-0.3, -0.25) is 0 Å². The van der Waals surface area contributed by atoms with Gasteiger partial charge in [-0.25, -0.2) is 15.6 Å². The fraction of sp³-hybridized carbons (Fsp3) is 0.833. The van der Waals surface area contributed by atoms with Gasteiger partial charge in [0.2, 0.25) is 0 Å². The van der Waals surface area contributed by atoms with Gasteiger partial charge in [-0.2, -0.15) is 0 Å². The lowest BCUT2D eigenvalue weighted by molar-refractivity contribution is 0.100. The van der Waals surface area contributed by atoms with Crippen LogP contribution in [0.2, 0.25) is 0 Å². The van der Waals surface area contributed by atoms with Crippen LogP contribution >= 0.6 is 0 Å². The predicted molar refractivity (Wildman–Crippen MR) is 38.1 cm³/mol. The van der Waals surface area contributed by atoms with Crippen molar-refractivity contribution in [3.63, 3.8) is 0 Å². The van der Waals surface area contributed by atoms with Crippen LogP contribution in [0, 0.1) is 5.92 Å². The Bertz CT molecular complexity index is 112. The summed E-state index contributed by atoms with van der Waals surface area (Å²) in [5.41, 5.74) is 0. The first-order valence-electron chi connectivity index (χ1n) is 3.19. The SMILES string of the molecule is CC(C)COC(=O)N(C)N. The summed E-state index contributed by atoms with van der Waals surface area (Å²) in [5.74, 6) is 5.43. The minimum atomic E-state index is -0.492. The minimum absolute atomic E-state index is 0.351. The van der Waals surface area contributed by atoms with Crippen LogP contribution in [0.25, 0.3) is 0 Å². The van der Waals surface area contributed by atoms with Gasteiger partial charge in [0.25, 0.3) is 0 Å². The first-order valence-corrected chi connectivity index (χ1v) is 3.19. The molecule has 0 saturated carbocycles. The minimum Gasteiger partial charge on any atom is -0.448 e. The Labute approximate surface area is 60.9 Å². The van der Waals surface area contributed by atoms with Crippen LogP contribution < -0.4 is 5.84 Å². The Balaban J connectivity index is 3.40. The quantitative estimate of drug-likeness (QED) is 0.352. The molecule has 0 aliphatic heterocycles. The number of hydrazine groups is 1. The highest BCUT2D eigenvalue weighted by Gasteiger charge is 2.05. The molecule has 1 amide bonds. The van der Waals surface area contributed by atoms with E-state index in [9.17, 15) is 4.79 Å². The zero-order chi connectivity index (χ0) is 8.15. The molecule has 0 aromatic rings. The normalized spacial score (nSPS) is 9.70. The highest BCUT2D eigenvalue weighted by molar-refractivity contribution is 5.66. The average molecular weight is 146 g/mol. The van der Waals surface area contributed by atoms with Crippen molar-refractivity contribution in [1.82, 2.24) is 5.01 Å². The molecule has 0 aliphatic rings. The molecule has 0 aromatic heterocycles. The lowest BCUT2D eigenvalue weighted by atomic mass is 10.2. The molecule has 4 nitrogen and oxygen atoms in total. The Kier molecular flexibility index (Phi) is 3.79. The first kappa shape index (κ1) is 9.23. The van der Waals surface area contributed by atoms with Gasteiger partial charge < -0.3 is 4.74 Å². The Hall–Kier alpha value is -0.770. The second-order valence-corrected chi connectivity index (χ2v) is 2.58. The Morgan fingerprint density at radius 3 is 2.50 bits per heavy atom. The van der Waals surface area contributed by atoms with Crippen LogP contribution in [0.1, 0.15) is 13.8 Å². The molecule has 0 atom stereocenters. The van der Waals surface area contributed by atoms with Crippen molar-refractivity contribution in [3.8, 4) is 0 Å². The molecule has 60 valence electrons. The maximum absolute atomic E-state index is 10.6. The molecule has 10 heavy (non-hydrogen) atoms. The molecule has 0 radical (unpaired) electrons. The highest BCUT2D eigenvalue weighted by atomic mass is 16.6. The third kappa shape index (κ3) is 4.14. The number of ether oxygens (including phenoxy) is 1. The van der Waals surface area contributed by atoms with Gasteiger partial charge in [0, 0.05) is 7.05 Å². The fourth-order valence-corrected chi connectivity index (χ4v) is 0.340. The molecular weight excluding hydrogens is 132 g/mol. The summed E-state index contributed by atoms with van der Waals surface area (Å²) in [6.45, 7) is 4.34. The van der Waals surface area contributed by atoms with Crippen molar-refractivity contribution < 1.29 is 9.53 Å². The van der Waals surface area contributed by atoms with Crippen LogP contribution in [-0.4, -0.2) is 24.8 Å². The highest BCUT2D eigenvalue weighted by Crippen LogP contribution is 1.93. The van der Waals surface area contributed by atoms with E-state index < -0.39 is 6.09 Å². The predicted octanol–water partition coefficient (Wildman–Crippen LogP) is 0.585. The molecule has 0 bridgehead atoms. The van der Waals surface area contributed by atoms with Crippen molar-refractivity contribution >= 4 is 6.09 Å². The summed E-state index contributed by atoms with van der Waals surface area (Å²) < 4.78 is 4.73. The van der Waals surface area contributed by atoms with E-state index in [4.69, 9.17) is 10.6 Å². The van der Waals surface area contributed by atoms with Crippen LogP contribution in [0.15, 0.2) is 0 Å². The molecule has 0 heterocycles. The van der Waals surface area contributed by atoms with Gasteiger partial charge in [-0.05, 0) is 5.92 Å². The number of nitrogens with zero attached hydrogens (tertiary/aromatic N) is 1. The lowest BCUT2D eigenvalue weighted by Crippen LogP contribution is -2.34. The summed E-state index contributed by atoms with van der Waals surface area (Å²) in [6.07, 6.45) is -0.492. The van der Waals surface area contributed by atoms with E-state index in [1.54, 1.807) is 0 Å². The van der Waals surface area contributed by atoms with E-state index in [2.05, 4.69) is 0 Å². The second kappa shape index (κ2) is 4.11. The number of nitrogens with two attached hydrogens (primary N) is 1. The maximum Gasteiger partial charge on any atom is 0.423 e. The third-order valence-electron chi connectivity index (χ3n) is 0.828. The molecule has 0 saturated heterocycles. The average Bonchev–Trinajstić information content (AvgIpc) is 1.82. The number of carbonyl (C=O) groups is 1. The molecule has 4 heteroatoms. The van der Waals surface area contributed by atoms with Gasteiger partial charge in [0.1, 0.15) is 0 Å². The van der Waals surface area contributed by atoms with Crippen LogP contribution in [0.4, 0.5) is 4.79 Å². The number of hydrogen-bond acceptors (Lipinski definition) is 3.